The van der Waals surface area contributed by atoms with E-state index in [1.807, 2.05) is 27.7 Å². The lowest BCUT2D eigenvalue weighted by molar-refractivity contribution is -0.137. The Morgan fingerprint density at radius 1 is 1.17 bits per heavy atom. The maximum absolute atomic E-state index is 11.1. The summed E-state index contributed by atoms with van der Waals surface area (Å²) in [5.41, 5.74) is 0. The molecule has 0 aliphatic heterocycles. The van der Waals surface area contributed by atoms with Crippen molar-refractivity contribution in [2.75, 3.05) is 6.61 Å². The molecule has 0 atom stereocenters. The molecule has 0 fully saturated rings. The van der Waals surface area contributed by atoms with Crippen LogP contribution in [-0.4, -0.2) is 34.1 Å². The molecule has 18 heavy (non-hydrogen) atoms. The van der Waals surface area contributed by atoms with Crippen molar-refractivity contribution in [1.29, 1.82) is 0 Å². The molecule has 106 valence electrons. The molecule has 0 heterocycles. The van der Waals surface area contributed by atoms with Crippen molar-refractivity contribution in [2.24, 2.45) is 0 Å². The SMILES string of the molecule is CC=CC(=O)OCCC[SiH](OC(C)C)OC(C)C. The van der Waals surface area contributed by atoms with Gasteiger partial charge in [0.25, 0.3) is 0 Å². The highest BCUT2D eigenvalue weighted by atomic mass is 28.3. The summed E-state index contributed by atoms with van der Waals surface area (Å²) in [6, 6.07) is 0.861. The molecule has 0 amide bonds. The molecule has 0 saturated heterocycles. The Bertz CT molecular complexity index is 241. The minimum absolute atomic E-state index is 0.186. The Kier molecular flexibility index (Phi) is 9.91. The molecule has 0 spiro atoms. The van der Waals surface area contributed by atoms with Crippen LogP contribution in [0.2, 0.25) is 6.04 Å². The van der Waals surface area contributed by atoms with Crippen molar-refractivity contribution in [3.05, 3.63) is 12.2 Å². The zero-order valence-electron chi connectivity index (χ0n) is 12.1. The first-order valence-electron chi connectivity index (χ1n) is 6.56. The Morgan fingerprint density at radius 3 is 2.17 bits per heavy atom. The lowest BCUT2D eigenvalue weighted by Gasteiger charge is -2.21. The summed E-state index contributed by atoms with van der Waals surface area (Å²) in [7, 11) is -1.64. The molecule has 0 aromatic carbocycles. The topological polar surface area (TPSA) is 44.8 Å². The fraction of sp³-hybridized carbons (Fsp3) is 0.769. The first kappa shape index (κ1) is 17.3. The molecule has 0 unspecified atom stereocenters. The third kappa shape index (κ3) is 10.5. The number of allylic oxidation sites excluding steroid dienone is 1. The van der Waals surface area contributed by atoms with Gasteiger partial charge in [-0.25, -0.2) is 4.79 Å². The van der Waals surface area contributed by atoms with Crippen molar-refractivity contribution in [1.82, 2.24) is 0 Å². The predicted octanol–water partition coefficient (Wildman–Crippen LogP) is 2.57. The maximum atomic E-state index is 11.1. The average Bonchev–Trinajstić information content (AvgIpc) is 2.23. The van der Waals surface area contributed by atoms with E-state index in [2.05, 4.69) is 0 Å². The fourth-order valence-corrected chi connectivity index (χ4v) is 3.43. The van der Waals surface area contributed by atoms with Gasteiger partial charge in [-0.2, -0.15) is 0 Å². The monoisotopic (exact) mass is 274 g/mol. The van der Waals surface area contributed by atoms with E-state index in [0.717, 1.165) is 12.5 Å². The van der Waals surface area contributed by atoms with Crippen LogP contribution in [0.3, 0.4) is 0 Å². The van der Waals surface area contributed by atoms with Crippen LogP contribution >= 0.6 is 0 Å². The first-order chi connectivity index (χ1) is 8.45. The molecular formula is C13H26O4Si. The zero-order chi connectivity index (χ0) is 14.0. The van der Waals surface area contributed by atoms with Gasteiger partial charge >= 0.3 is 15.3 Å². The highest BCUT2D eigenvalue weighted by molar-refractivity contribution is 6.44. The minimum atomic E-state index is -1.64. The second-order valence-corrected chi connectivity index (χ2v) is 6.59. The summed E-state index contributed by atoms with van der Waals surface area (Å²) >= 11 is 0. The summed E-state index contributed by atoms with van der Waals surface area (Å²) < 4.78 is 16.6. The van der Waals surface area contributed by atoms with Crippen LogP contribution < -0.4 is 0 Å². The molecule has 0 saturated carbocycles. The van der Waals surface area contributed by atoms with Crippen LogP contribution in [0.5, 0.6) is 0 Å². The van der Waals surface area contributed by atoms with Crippen molar-refractivity contribution in [2.45, 2.75) is 59.3 Å². The van der Waals surface area contributed by atoms with Gasteiger partial charge in [-0.3, -0.25) is 0 Å². The molecular weight excluding hydrogens is 248 g/mol. The van der Waals surface area contributed by atoms with Crippen LogP contribution in [0, 0.1) is 0 Å². The van der Waals surface area contributed by atoms with E-state index in [9.17, 15) is 4.79 Å². The Hall–Kier alpha value is -0.653. The van der Waals surface area contributed by atoms with Crippen molar-refractivity contribution >= 4 is 15.3 Å². The lowest BCUT2D eigenvalue weighted by Crippen LogP contribution is -2.29. The Balaban J connectivity index is 3.85. The van der Waals surface area contributed by atoms with Gasteiger partial charge < -0.3 is 13.6 Å². The number of carbonyl (C=O) groups excluding carboxylic acids is 1. The van der Waals surface area contributed by atoms with E-state index >= 15 is 0 Å². The largest absolute Gasteiger partial charge is 0.463 e. The molecule has 4 nitrogen and oxygen atoms in total. The van der Waals surface area contributed by atoms with Crippen LogP contribution in [0.1, 0.15) is 41.0 Å². The number of rotatable bonds is 9. The third-order valence-corrected chi connectivity index (χ3v) is 4.55. The van der Waals surface area contributed by atoms with Crippen molar-refractivity contribution in [3.63, 3.8) is 0 Å². The summed E-state index contributed by atoms with van der Waals surface area (Å²) in [6.07, 6.45) is 4.25. The molecule has 0 rings (SSSR count). The van der Waals surface area contributed by atoms with Gasteiger partial charge in [-0.05, 0) is 47.1 Å². The number of hydrogen-bond acceptors (Lipinski definition) is 4. The second kappa shape index (κ2) is 10.3. The van der Waals surface area contributed by atoms with Gasteiger partial charge in [0, 0.05) is 18.3 Å². The van der Waals surface area contributed by atoms with Crippen molar-refractivity contribution in [3.8, 4) is 0 Å². The van der Waals surface area contributed by atoms with E-state index in [1.54, 1.807) is 13.0 Å². The molecule has 0 aromatic heterocycles. The maximum Gasteiger partial charge on any atom is 0.330 e. The standard InChI is InChI=1S/C13H26O4Si/c1-6-8-13(14)15-9-7-10-18(16-11(2)3)17-12(4)5/h6,8,11-12,18H,7,9-10H2,1-5H3. The molecule has 0 aliphatic carbocycles. The highest BCUT2D eigenvalue weighted by Gasteiger charge is 2.16. The number of ether oxygens (including phenoxy) is 1. The van der Waals surface area contributed by atoms with E-state index in [1.165, 1.54) is 6.08 Å². The lowest BCUT2D eigenvalue weighted by atomic mass is 10.5. The van der Waals surface area contributed by atoms with Gasteiger partial charge in [0.1, 0.15) is 0 Å². The summed E-state index contributed by atoms with van der Waals surface area (Å²) in [5, 5.41) is 0. The summed E-state index contributed by atoms with van der Waals surface area (Å²) in [5.74, 6) is -0.287. The van der Waals surface area contributed by atoms with Crippen molar-refractivity contribution < 1.29 is 18.4 Å². The van der Waals surface area contributed by atoms with Crippen LogP contribution in [0.4, 0.5) is 0 Å². The smallest absolute Gasteiger partial charge is 0.330 e. The van der Waals surface area contributed by atoms with Gasteiger partial charge in [0.05, 0.1) is 6.61 Å². The Labute approximate surface area is 112 Å². The Morgan fingerprint density at radius 2 is 1.72 bits per heavy atom. The highest BCUT2D eigenvalue weighted by Crippen LogP contribution is 2.07. The number of esters is 1. The van der Waals surface area contributed by atoms with Crippen LogP contribution in [0.25, 0.3) is 0 Å². The van der Waals surface area contributed by atoms with E-state index in [-0.39, 0.29) is 18.2 Å². The van der Waals surface area contributed by atoms with Gasteiger partial charge in [-0.1, -0.05) is 6.08 Å². The molecule has 0 aromatic rings. The average molecular weight is 274 g/mol. The molecule has 0 N–H and O–H groups in total. The zero-order valence-corrected chi connectivity index (χ0v) is 13.3. The van der Waals surface area contributed by atoms with Crippen LogP contribution in [-0.2, 0) is 18.4 Å². The normalized spacial score (nSPS) is 12.0. The summed E-state index contributed by atoms with van der Waals surface area (Å²) in [4.78, 5) is 11.1. The van der Waals surface area contributed by atoms with E-state index in [4.69, 9.17) is 13.6 Å². The molecule has 0 bridgehead atoms. The number of carbonyl (C=O) groups is 1. The van der Waals surface area contributed by atoms with Gasteiger partial charge in [0.15, 0.2) is 0 Å². The van der Waals surface area contributed by atoms with Crippen LogP contribution in [0.15, 0.2) is 12.2 Å². The van der Waals surface area contributed by atoms with Gasteiger partial charge in [-0.15, -0.1) is 0 Å². The third-order valence-electron chi connectivity index (χ3n) is 1.98. The van der Waals surface area contributed by atoms with E-state index < -0.39 is 9.28 Å². The molecule has 0 aliphatic rings. The minimum Gasteiger partial charge on any atom is -0.463 e. The quantitative estimate of drug-likeness (QED) is 0.280. The molecule has 5 heteroatoms. The molecule has 0 radical (unpaired) electrons. The predicted molar refractivity (Wildman–Crippen MR) is 74.8 cm³/mol. The second-order valence-electron chi connectivity index (χ2n) is 4.61. The fourth-order valence-electron chi connectivity index (χ4n) is 1.38. The summed E-state index contributed by atoms with van der Waals surface area (Å²) in [6.45, 7) is 10.3. The van der Waals surface area contributed by atoms with E-state index in [0.29, 0.717) is 6.61 Å². The number of hydrogen-bond donors (Lipinski definition) is 0. The first-order valence-corrected chi connectivity index (χ1v) is 8.32. The van der Waals surface area contributed by atoms with Gasteiger partial charge in [0.2, 0.25) is 0 Å².